The van der Waals surface area contributed by atoms with Gasteiger partial charge in [0.1, 0.15) is 17.2 Å². The molecule has 0 saturated carbocycles. The zero-order valence-corrected chi connectivity index (χ0v) is 18.5. The van der Waals surface area contributed by atoms with Crippen LogP contribution in [0, 0.1) is 5.82 Å². The molecule has 174 valence electrons. The van der Waals surface area contributed by atoms with Gasteiger partial charge in [-0.2, -0.15) is 0 Å². The second kappa shape index (κ2) is 9.70. The number of ketones is 1. The van der Waals surface area contributed by atoms with E-state index in [1.165, 1.54) is 43.5 Å². The maximum absolute atomic E-state index is 13.1. The summed E-state index contributed by atoms with van der Waals surface area (Å²) in [4.78, 5) is 44.2. The minimum atomic E-state index is -1.15. The number of benzene rings is 2. The molecule has 34 heavy (non-hydrogen) atoms. The number of hydrogen-bond donors (Lipinski definition) is 2. The Balaban J connectivity index is 1.45. The quantitative estimate of drug-likeness (QED) is 0.539. The number of nitrogens with zero attached hydrogens (tertiary/aromatic N) is 3. The summed E-state index contributed by atoms with van der Waals surface area (Å²) in [5, 5.41) is 12.4. The first-order valence-corrected chi connectivity index (χ1v) is 10.7. The molecule has 0 unspecified atom stereocenters. The van der Waals surface area contributed by atoms with Crippen LogP contribution in [0.5, 0.6) is 0 Å². The summed E-state index contributed by atoms with van der Waals surface area (Å²) in [5.41, 5.74) is 2.12. The molecule has 1 aliphatic rings. The van der Waals surface area contributed by atoms with Gasteiger partial charge < -0.3 is 20.2 Å². The Kier molecular flexibility index (Phi) is 6.53. The number of halogens is 1. The van der Waals surface area contributed by atoms with Crippen LogP contribution in [0.25, 0.3) is 0 Å². The zero-order valence-electron chi connectivity index (χ0n) is 18.5. The third kappa shape index (κ3) is 5.03. The Bertz CT molecular complexity index is 1220. The fourth-order valence-electron chi connectivity index (χ4n) is 3.82. The highest BCUT2D eigenvalue weighted by atomic mass is 19.1. The molecule has 1 saturated heterocycles. The number of carbonyl (C=O) groups is 3. The fourth-order valence-corrected chi connectivity index (χ4v) is 3.82. The first-order valence-electron chi connectivity index (χ1n) is 10.7. The number of nitrogens with one attached hydrogen (secondary N) is 1. The van der Waals surface area contributed by atoms with Crippen molar-refractivity contribution in [2.24, 2.45) is 0 Å². The van der Waals surface area contributed by atoms with Crippen LogP contribution >= 0.6 is 0 Å². The van der Waals surface area contributed by atoms with E-state index in [1.807, 2.05) is 17.0 Å². The van der Waals surface area contributed by atoms with Gasteiger partial charge in [-0.15, -0.1) is 0 Å². The van der Waals surface area contributed by atoms with E-state index in [9.17, 15) is 23.9 Å². The van der Waals surface area contributed by atoms with Crippen LogP contribution in [0.4, 0.5) is 21.6 Å². The van der Waals surface area contributed by atoms with Crippen molar-refractivity contribution in [3.63, 3.8) is 0 Å². The minimum absolute atomic E-state index is 0.0148. The average Bonchev–Trinajstić information content (AvgIpc) is 2.84. The smallest absolute Gasteiger partial charge is 0.339 e. The molecule has 1 amide bonds. The molecule has 0 radical (unpaired) electrons. The number of carboxylic acids is 1. The van der Waals surface area contributed by atoms with Crippen molar-refractivity contribution in [2.45, 2.75) is 6.92 Å². The Morgan fingerprint density at radius 1 is 0.912 bits per heavy atom. The Labute approximate surface area is 195 Å². The van der Waals surface area contributed by atoms with Crippen LogP contribution < -0.4 is 15.1 Å². The van der Waals surface area contributed by atoms with E-state index in [2.05, 4.69) is 15.2 Å². The summed E-state index contributed by atoms with van der Waals surface area (Å²) in [6, 6.07) is 13.8. The normalized spacial score (nSPS) is 13.5. The lowest BCUT2D eigenvalue weighted by Crippen LogP contribution is -2.47. The maximum Gasteiger partial charge on any atom is 0.339 e. The Morgan fingerprint density at radius 3 is 2.09 bits per heavy atom. The maximum atomic E-state index is 13.1. The molecule has 1 fully saturated rings. The summed E-state index contributed by atoms with van der Waals surface area (Å²) >= 11 is 0. The molecule has 0 spiro atoms. The predicted octanol–water partition coefficient (Wildman–Crippen LogP) is 3.70. The number of anilines is 3. The van der Waals surface area contributed by atoms with Crippen molar-refractivity contribution in [3.8, 4) is 0 Å². The molecular formula is C25H23FN4O4. The predicted molar refractivity (Wildman–Crippen MR) is 126 cm³/mol. The molecule has 9 heteroatoms. The molecule has 1 aliphatic heterocycles. The molecule has 2 N–H and O–H groups in total. The fraction of sp³-hybridized carbons (Fsp3) is 0.200. The van der Waals surface area contributed by atoms with Gasteiger partial charge in [0.2, 0.25) is 0 Å². The largest absolute Gasteiger partial charge is 0.478 e. The summed E-state index contributed by atoms with van der Waals surface area (Å²) in [7, 11) is 0. The van der Waals surface area contributed by atoms with Crippen LogP contribution in [0.3, 0.4) is 0 Å². The monoisotopic (exact) mass is 462 g/mol. The first kappa shape index (κ1) is 22.9. The van der Waals surface area contributed by atoms with Crippen LogP contribution in [-0.2, 0) is 0 Å². The molecule has 2 heterocycles. The number of rotatable bonds is 6. The van der Waals surface area contributed by atoms with Crippen LogP contribution in [0.15, 0.2) is 60.8 Å². The first-order chi connectivity index (χ1) is 16.3. The third-order valence-corrected chi connectivity index (χ3v) is 5.68. The summed E-state index contributed by atoms with van der Waals surface area (Å²) in [6.07, 6.45) is 1.41. The number of piperazine rings is 1. The van der Waals surface area contributed by atoms with Crippen molar-refractivity contribution >= 4 is 34.9 Å². The van der Waals surface area contributed by atoms with E-state index in [-0.39, 0.29) is 22.6 Å². The Morgan fingerprint density at radius 2 is 1.50 bits per heavy atom. The van der Waals surface area contributed by atoms with E-state index < -0.39 is 17.7 Å². The molecule has 3 aromatic rings. The number of pyridine rings is 1. The van der Waals surface area contributed by atoms with Crippen LogP contribution in [0.2, 0.25) is 0 Å². The zero-order chi connectivity index (χ0) is 24.2. The van der Waals surface area contributed by atoms with Crippen molar-refractivity contribution < 1.29 is 23.9 Å². The van der Waals surface area contributed by atoms with Gasteiger partial charge in [-0.1, -0.05) is 0 Å². The highest BCUT2D eigenvalue weighted by Gasteiger charge is 2.24. The second-order valence-electron chi connectivity index (χ2n) is 7.94. The van der Waals surface area contributed by atoms with E-state index in [0.717, 1.165) is 5.69 Å². The van der Waals surface area contributed by atoms with E-state index in [1.54, 1.807) is 12.1 Å². The van der Waals surface area contributed by atoms with Gasteiger partial charge in [0.25, 0.3) is 5.91 Å². The van der Waals surface area contributed by atoms with Gasteiger partial charge in [-0.25, -0.2) is 14.2 Å². The molecule has 0 atom stereocenters. The highest BCUT2D eigenvalue weighted by molar-refractivity contribution is 6.05. The SMILES string of the molecule is CC(=O)c1ccc(N2CCN(c3ncc(NC(=O)c4ccc(F)cc4)cc3C(=O)O)CC2)cc1. The van der Waals surface area contributed by atoms with Gasteiger partial charge in [-0.3, -0.25) is 9.59 Å². The highest BCUT2D eigenvalue weighted by Crippen LogP contribution is 2.25. The van der Waals surface area contributed by atoms with Crippen molar-refractivity contribution in [2.75, 3.05) is 41.3 Å². The lowest BCUT2D eigenvalue weighted by Gasteiger charge is -2.37. The lowest BCUT2D eigenvalue weighted by atomic mass is 10.1. The van der Waals surface area contributed by atoms with Crippen molar-refractivity contribution in [3.05, 3.63) is 83.3 Å². The minimum Gasteiger partial charge on any atom is -0.478 e. The lowest BCUT2D eigenvalue weighted by molar-refractivity contribution is 0.0696. The second-order valence-corrected chi connectivity index (χ2v) is 7.94. The van der Waals surface area contributed by atoms with Gasteiger partial charge in [0.15, 0.2) is 5.78 Å². The van der Waals surface area contributed by atoms with E-state index in [0.29, 0.717) is 37.6 Å². The van der Waals surface area contributed by atoms with E-state index >= 15 is 0 Å². The van der Waals surface area contributed by atoms with E-state index in [4.69, 9.17) is 0 Å². The van der Waals surface area contributed by atoms with Gasteiger partial charge in [0, 0.05) is 43.0 Å². The third-order valence-electron chi connectivity index (χ3n) is 5.68. The van der Waals surface area contributed by atoms with Crippen molar-refractivity contribution in [1.82, 2.24) is 4.98 Å². The molecule has 0 aliphatic carbocycles. The topological polar surface area (TPSA) is 103 Å². The van der Waals surface area contributed by atoms with Crippen LogP contribution in [0.1, 0.15) is 38.0 Å². The molecular weight excluding hydrogens is 439 g/mol. The van der Waals surface area contributed by atoms with Crippen molar-refractivity contribution in [1.29, 1.82) is 0 Å². The standard InChI is InChI=1S/C25H23FN4O4/c1-16(31)17-4-8-21(9-5-17)29-10-12-30(13-11-29)23-22(25(33)34)14-20(15-27-23)28-24(32)18-2-6-19(26)7-3-18/h2-9,14-15H,10-13H2,1H3,(H,28,32)(H,33,34). The molecule has 0 bridgehead atoms. The number of carbonyl (C=O) groups excluding carboxylic acids is 2. The number of carboxylic acid groups (broad SMARTS) is 1. The Hall–Kier alpha value is -4.27. The van der Waals surface area contributed by atoms with Gasteiger partial charge in [-0.05, 0) is 61.5 Å². The number of hydrogen-bond acceptors (Lipinski definition) is 6. The van der Waals surface area contributed by atoms with Crippen LogP contribution in [-0.4, -0.2) is 53.9 Å². The molecule has 4 rings (SSSR count). The van der Waals surface area contributed by atoms with Gasteiger partial charge >= 0.3 is 5.97 Å². The summed E-state index contributed by atoms with van der Waals surface area (Å²) < 4.78 is 13.1. The number of amides is 1. The molecule has 8 nitrogen and oxygen atoms in total. The number of Topliss-reactive ketones (excluding diaryl/α,β-unsaturated/α-hetero) is 1. The summed E-state index contributed by atoms with van der Waals surface area (Å²) in [6.45, 7) is 3.96. The van der Waals surface area contributed by atoms with Gasteiger partial charge in [0.05, 0.1) is 11.9 Å². The average molecular weight is 462 g/mol. The molecule has 2 aromatic carbocycles. The molecule has 1 aromatic heterocycles. The summed E-state index contributed by atoms with van der Waals surface area (Å²) in [5.74, 6) is -1.75. The number of aromatic nitrogens is 1. The number of aromatic carboxylic acids is 1.